The SMILES string of the molecule is Nc1c(Nc2cccc(Cl)c2Cl)ncnc1-n1ccnc1. The summed E-state index contributed by atoms with van der Waals surface area (Å²) in [5, 5.41) is 3.91. The monoisotopic (exact) mass is 320 g/mol. The second-order valence-corrected chi connectivity index (χ2v) is 4.94. The first-order valence-electron chi connectivity index (χ1n) is 5.96. The first-order chi connectivity index (χ1) is 10.2. The molecule has 3 rings (SSSR count). The topological polar surface area (TPSA) is 81.6 Å². The minimum Gasteiger partial charge on any atom is -0.393 e. The number of hydrogen-bond donors (Lipinski definition) is 2. The van der Waals surface area contributed by atoms with Crippen LogP contribution in [0, 0.1) is 0 Å². The number of hydrogen-bond acceptors (Lipinski definition) is 5. The Bertz CT molecular complexity index is 772. The van der Waals surface area contributed by atoms with Gasteiger partial charge in [0.05, 0.1) is 15.7 Å². The molecule has 0 fully saturated rings. The molecule has 106 valence electrons. The van der Waals surface area contributed by atoms with Gasteiger partial charge in [0.2, 0.25) is 0 Å². The second kappa shape index (κ2) is 5.59. The Morgan fingerprint density at radius 3 is 2.81 bits per heavy atom. The van der Waals surface area contributed by atoms with Crippen molar-refractivity contribution >= 4 is 40.4 Å². The van der Waals surface area contributed by atoms with Crippen molar-refractivity contribution in [3.8, 4) is 5.82 Å². The number of imidazole rings is 1. The maximum atomic E-state index is 6.14. The first-order valence-corrected chi connectivity index (χ1v) is 6.72. The van der Waals surface area contributed by atoms with Crippen LogP contribution in [-0.2, 0) is 0 Å². The predicted octanol–water partition coefficient (Wildman–Crippen LogP) is 3.29. The Morgan fingerprint density at radius 1 is 1.19 bits per heavy atom. The van der Waals surface area contributed by atoms with Crippen molar-refractivity contribution in [3.05, 3.63) is 53.3 Å². The molecule has 0 aliphatic rings. The first kappa shape index (κ1) is 13.7. The Kier molecular flexibility index (Phi) is 3.64. The van der Waals surface area contributed by atoms with Crippen LogP contribution in [0.25, 0.3) is 5.82 Å². The lowest BCUT2D eigenvalue weighted by atomic mass is 10.3. The Labute approximate surface area is 130 Å². The zero-order chi connectivity index (χ0) is 14.8. The van der Waals surface area contributed by atoms with Gasteiger partial charge in [-0.3, -0.25) is 4.57 Å². The van der Waals surface area contributed by atoms with E-state index in [9.17, 15) is 0 Å². The summed E-state index contributed by atoms with van der Waals surface area (Å²) in [6, 6.07) is 5.27. The van der Waals surface area contributed by atoms with Crippen molar-refractivity contribution in [3.63, 3.8) is 0 Å². The quantitative estimate of drug-likeness (QED) is 0.773. The Balaban J connectivity index is 2.00. The van der Waals surface area contributed by atoms with Gasteiger partial charge >= 0.3 is 0 Å². The van der Waals surface area contributed by atoms with Gasteiger partial charge in [-0.05, 0) is 12.1 Å². The van der Waals surface area contributed by atoms with E-state index in [4.69, 9.17) is 28.9 Å². The van der Waals surface area contributed by atoms with E-state index >= 15 is 0 Å². The molecule has 0 radical (unpaired) electrons. The van der Waals surface area contributed by atoms with Crippen LogP contribution < -0.4 is 11.1 Å². The summed E-state index contributed by atoms with van der Waals surface area (Å²) in [6.45, 7) is 0. The molecule has 0 saturated heterocycles. The fourth-order valence-electron chi connectivity index (χ4n) is 1.80. The molecular weight excluding hydrogens is 311 g/mol. The van der Waals surface area contributed by atoms with E-state index in [1.807, 2.05) is 0 Å². The molecule has 0 unspecified atom stereocenters. The van der Waals surface area contributed by atoms with Gasteiger partial charge in [0.1, 0.15) is 18.3 Å². The smallest absolute Gasteiger partial charge is 0.166 e. The van der Waals surface area contributed by atoms with Crippen LogP contribution in [-0.4, -0.2) is 19.5 Å². The maximum absolute atomic E-state index is 6.14. The summed E-state index contributed by atoms with van der Waals surface area (Å²) < 4.78 is 1.70. The molecule has 1 aromatic carbocycles. The van der Waals surface area contributed by atoms with Crippen LogP contribution in [0.3, 0.4) is 0 Å². The summed E-state index contributed by atoms with van der Waals surface area (Å²) >= 11 is 12.1. The summed E-state index contributed by atoms with van der Waals surface area (Å²) in [4.78, 5) is 12.3. The molecule has 2 heterocycles. The maximum Gasteiger partial charge on any atom is 0.166 e. The number of nitrogens with one attached hydrogen (secondary N) is 1. The van der Waals surface area contributed by atoms with Crippen LogP contribution in [0.2, 0.25) is 10.0 Å². The zero-order valence-electron chi connectivity index (χ0n) is 10.7. The number of rotatable bonds is 3. The highest BCUT2D eigenvalue weighted by atomic mass is 35.5. The largest absolute Gasteiger partial charge is 0.393 e. The van der Waals surface area contributed by atoms with Gasteiger partial charge in [0.25, 0.3) is 0 Å². The minimum absolute atomic E-state index is 0.381. The molecule has 0 spiro atoms. The molecule has 0 bridgehead atoms. The summed E-state index contributed by atoms with van der Waals surface area (Å²) in [5.74, 6) is 0.973. The van der Waals surface area contributed by atoms with Gasteiger partial charge in [-0.1, -0.05) is 29.3 Å². The molecule has 0 amide bonds. The molecule has 0 atom stereocenters. The second-order valence-electron chi connectivity index (χ2n) is 4.16. The van der Waals surface area contributed by atoms with Crippen molar-refractivity contribution in [2.75, 3.05) is 11.1 Å². The molecular formula is C13H10Cl2N6. The molecule has 0 saturated carbocycles. The van der Waals surface area contributed by atoms with Crippen molar-refractivity contribution in [2.24, 2.45) is 0 Å². The summed E-state index contributed by atoms with van der Waals surface area (Å²) in [7, 11) is 0. The standard InChI is InChI=1S/C13H10Cl2N6/c14-8-2-1-3-9(10(8)15)20-12-11(16)13(19-6-18-12)21-5-4-17-7-21/h1-7H,16H2,(H,18,19,20). The number of halogens is 2. The lowest BCUT2D eigenvalue weighted by molar-refractivity contribution is 0.977. The van der Waals surface area contributed by atoms with Crippen molar-refractivity contribution < 1.29 is 0 Å². The van der Waals surface area contributed by atoms with Crippen LogP contribution in [0.1, 0.15) is 0 Å². The average Bonchev–Trinajstić information content (AvgIpc) is 3.00. The van der Waals surface area contributed by atoms with Gasteiger partial charge in [-0.2, -0.15) is 0 Å². The molecule has 2 aromatic heterocycles. The highest BCUT2D eigenvalue weighted by Crippen LogP contribution is 2.33. The van der Waals surface area contributed by atoms with Crippen LogP contribution in [0.15, 0.2) is 43.2 Å². The third-order valence-electron chi connectivity index (χ3n) is 2.82. The number of nitrogen functional groups attached to an aromatic ring is 1. The van der Waals surface area contributed by atoms with Gasteiger partial charge in [-0.15, -0.1) is 0 Å². The van der Waals surface area contributed by atoms with E-state index in [1.54, 1.807) is 41.5 Å². The van der Waals surface area contributed by atoms with E-state index in [2.05, 4.69) is 20.3 Å². The molecule has 6 nitrogen and oxygen atoms in total. The highest BCUT2D eigenvalue weighted by molar-refractivity contribution is 6.43. The number of benzene rings is 1. The summed E-state index contributed by atoms with van der Waals surface area (Å²) in [5.41, 5.74) is 7.10. The lowest BCUT2D eigenvalue weighted by Gasteiger charge is -2.12. The Morgan fingerprint density at radius 2 is 2.05 bits per heavy atom. The highest BCUT2D eigenvalue weighted by Gasteiger charge is 2.12. The van der Waals surface area contributed by atoms with Crippen molar-refractivity contribution in [1.29, 1.82) is 0 Å². The van der Waals surface area contributed by atoms with Gasteiger partial charge < -0.3 is 11.1 Å². The molecule has 8 heteroatoms. The minimum atomic E-state index is 0.381. The van der Waals surface area contributed by atoms with E-state index in [0.29, 0.717) is 33.1 Å². The van der Waals surface area contributed by atoms with Crippen molar-refractivity contribution in [2.45, 2.75) is 0 Å². The summed E-state index contributed by atoms with van der Waals surface area (Å²) in [6.07, 6.45) is 6.40. The normalized spacial score (nSPS) is 10.6. The van der Waals surface area contributed by atoms with Crippen LogP contribution >= 0.6 is 23.2 Å². The third-order valence-corrected chi connectivity index (χ3v) is 3.64. The van der Waals surface area contributed by atoms with Crippen LogP contribution in [0.5, 0.6) is 0 Å². The molecule has 3 aromatic rings. The number of nitrogens with two attached hydrogens (primary N) is 1. The molecule has 3 N–H and O–H groups in total. The van der Waals surface area contributed by atoms with E-state index in [1.165, 1.54) is 6.33 Å². The fraction of sp³-hybridized carbons (Fsp3) is 0. The van der Waals surface area contributed by atoms with Crippen LogP contribution in [0.4, 0.5) is 17.2 Å². The van der Waals surface area contributed by atoms with Gasteiger partial charge in [0.15, 0.2) is 11.6 Å². The van der Waals surface area contributed by atoms with E-state index < -0.39 is 0 Å². The van der Waals surface area contributed by atoms with E-state index in [0.717, 1.165) is 0 Å². The lowest BCUT2D eigenvalue weighted by Crippen LogP contribution is -2.06. The fourth-order valence-corrected chi connectivity index (χ4v) is 2.15. The van der Waals surface area contributed by atoms with Gasteiger partial charge in [-0.25, -0.2) is 15.0 Å². The molecule has 21 heavy (non-hydrogen) atoms. The number of nitrogens with zero attached hydrogens (tertiary/aromatic N) is 4. The molecule has 0 aliphatic carbocycles. The third kappa shape index (κ3) is 2.63. The zero-order valence-corrected chi connectivity index (χ0v) is 12.2. The Hall–Kier alpha value is -2.31. The molecule has 0 aliphatic heterocycles. The number of aromatic nitrogens is 4. The van der Waals surface area contributed by atoms with Gasteiger partial charge in [0, 0.05) is 12.4 Å². The average molecular weight is 321 g/mol. The predicted molar refractivity (Wildman–Crippen MR) is 83.3 cm³/mol. The van der Waals surface area contributed by atoms with Crippen molar-refractivity contribution in [1.82, 2.24) is 19.5 Å². The number of anilines is 3. The van der Waals surface area contributed by atoms with E-state index in [-0.39, 0.29) is 0 Å².